The number of nitrogen functional groups attached to an aromatic ring is 1. The molecule has 0 amide bonds. The number of anilines is 2. The number of nitrogens with one attached hydrogen (secondary N) is 1. The zero-order chi connectivity index (χ0) is 22.8. The average molecular weight is 450 g/mol. The third-order valence-electron chi connectivity index (χ3n) is 4.73. The molecule has 6 nitrogen and oxygen atoms in total. The van der Waals surface area contributed by atoms with Crippen molar-refractivity contribution in [1.29, 1.82) is 0 Å². The molecule has 0 radical (unpaired) electrons. The maximum absolute atomic E-state index is 13.2. The second-order valence-corrected chi connectivity index (χ2v) is 9.08. The minimum atomic E-state index is -4.47. The van der Waals surface area contributed by atoms with Gasteiger partial charge in [-0.1, -0.05) is 24.3 Å². The molecule has 10 heteroatoms. The number of sulfone groups is 1. The Morgan fingerprint density at radius 3 is 2.35 bits per heavy atom. The van der Waals surface area contributed by atoms with E-state index < -0.39 is 21.6 Å². The molecule has 31 heavy (non-hydrogen) atoms. The lowest BCUT2D eigenvalue weighted by atomic mass is 9.99. The summed E-state index contributed by atoms with van der Waals surface area (Å²) in [6.07, 6.45) is -2.74. The number of benzene rings is 2. The Bertz CT molecular complexity index is 1190. The highest BCUT2D eigenvalue weighted by molar-refractivity contribution is 7.90. The number of aromatic nitrogens is 2. The number of nitrogens with zero attached hydrogens (tertiary/aromatic N) is 2. The van der Waals surface area contributed by atoms with Crippen molar-refractivity contribution in [1.82, 2.24) is 9.97 Å². The summed E-state index contributed by atoms with van der Waals surface area (Å²) in [6.45, 7) is 1.85. The molecule has 2 aromatic carbocycles. The second-order valence-electron chi connectivity index (χ2n) is 7.07. The Labute approximate surface area is 178 Å². The van der Waals surface area contributed by atoms with Crippen molar-refractivity contribution in [3.8, 4) is 11.3 Å². The summed E-state index contributed by atoms with van der Waals surface area (Å²) in [7, 11) is -3.25. The van der Waals surface area contributed by atoms with Crippen LogP contribution in [0.25, 0.3) is 11.3 Å². The van der Waals surface area contributed by atoms with Crippen LogP contribution >= 0.6 is 0 Å². The Hall–Kier alpha value is -3.14. The van der Waals surface area contributed by atoms with Crippen LogP contribution in [0.5, 0.6) is 0 Å². The molecule has 0 aliphatic carbocycles. The lowest BCUT2D eigenvalue weighted by Gasteiger charge is -2.14. The average Bonchev–Trinajstić information content (AvgIpc) is 2.66. The SMILES string of the molecule is Cc1c(-c2cc(NCCc3ccc(S(C)(=O)=O)cc3)nc(N)n2)cccc1C(F)(F)F. The van der Waals surface area contributed by atoms with Crippen LogP contribution in [0.3, 0.4) is 0 Å². The van der Waals surface area contributed by atoms with Crippen LogP contribution in [0.2, 0.25) is 0 Å². The van der Waals surface area contributed by atoms with Gasteiger partial charge in [0.1, 0.15) is 5.82 Å². The summed E-state index contributed by atoms with van der Waals surface area (Å²) in [5.74, 6) is 0.321. The van der Waals surface area contributed by atoms with Gasteiger partial charge in [-0.25, -0.2) is 13.4 Å². The van der Waals surface area contributed by atoms with Gasteiger partial charge in [0.25, 0.3) is 0 Å². The molecule has 0 bridgehead atoms. The molecule has 3 aromatic rings. The molecule has 0 saturated heterocycles. The number of rotatable bonds is 6. The lowest BCUT2D eigenvalue weighted by Crippen LogP contribution is -2.10. The van der Waals surface area contributed by atoms with Gasteiger partial charge in [0.15, 0.2) is 9.84 Å². The molecule has 3 N–H and O–H groups in total. The topological polar surface area (TPSA) is 98.0 Å². The molecular formula is C21H21F3N4O2S. The van der Waals surface area contributed by atoms with Gasteiger partial charge in [-0.05, 0) is 42.7 Å². The minimum Gasteiger partial charge on any atom is -0.370 e. The molecule has 0 aliphatic rings. The summed E-state index contributed by atoms with van der Waals surface area (Å²) >= 11 is 0. The number of hydrogen-bond acceptors (Lipinski definition) is 6. The number of alkyl halides is 3. The van der Waals surface area contributed by atoms with Gasteiger partial charge in [-0.15, -0.1) is 0 Å². The molecule has 0 fully saturated rings. The third kappa shape index (κ3) is 5.52. The third-order valence-corrected chi connectivity index (χ3v) is 5.86. The predicted octanol–water partition coefficient (Wildman–Crippen LogP) is 4.11. The summed E-state index contributed by atoms with van der Waals surface area (Å²) in [5.41, 5.74) is 6.63. The van der Waals surface area contributed by atoms with Gasteiger partial charge >= 0.3 is 6.18 Å². The van der Waals surface area contributed by atoms with Crippen molar-refractivity contribution >= 4 is 21.6 Å². The minimum absolute atomic E-state index is 0.0602. The summed E-state index contributed by atoms with van der Waals surface area (Å²) in [5, 5.41) is 3.08. The number of hydrogen-bond donors (Lipinski definition) is 2. The normalized spacial score (nSPS) is 12.0. The van der Waals surface area contributed by atoms with Crippen LogP contribution in [0, 0.1) is 6.92 Å². The Balaban J connectivity index is 1.77. The maximum atomic E-state index is 13.2. The zero-order valence-electron chi connectivity index (χ0n) is 16.9. The van der Waals surface area contributed by atoms with Crippen LogP contribution < -0.4 is 11.1 Å². The molecule has 0 atom stereocenters. The standard InChI is InChI=1S/C21H21F3N4O2S/c1-13-16(4-3-5-17(13)21(22,23)24)18-12-19(28-20(25)27-18)26-11-10-14-6-8-15(9-7-14)31(2,29)30/h3-9,12H,10-11H2,1-2H3,(H3,25,26,27,28). The van der Waals surface area contributed by atoms with E-state index in [0.717, 1.165) is 17.9 Å². The molecule has 164 valence electrons. The summed E-state index contributed by atoms with van der Waals surface area (Å²) in [6, 6.07) is 12.0. The van der Waals surface area contributed by atoms with Crippen molar-refractivity contribution in [2.75, 3.05) is 23.9 Å². The molecule has 0 aliphatic heterocycles. The summed E-state index contributed by atoms with van der Waals surface area (Å²) in [4.78, 5) is 8.43. The Morgan fingerprint density at radius 1 is 1.06 bits per heavy atom. The smallest absolute Gasteiger partial charge is 0.370 e. The maximum Gasteiger partial charge on any atom is 0.416 e. The number of nitrogens with two attached hydrogens (primary N) is 1. The highest BCUT2D eigenvalue weighted by Gasteiger charge is 2.33. The first kappa shape index (κ1) is 22.5. The van der Waals surface area contributed by atoms with Crippen molar-refractivity contribution in [3.05, 3.63) is 65.2 Å². The van der Waals surface area contributed by atoms with Gasteiger partial charge in [-0.2, -0.15) is 18.2 Å². The van der Waals surface area contributed by atoms with E-state index in [2.05, 4.69) is 15.3 Å². The Kier molecular flexibility index (Phi) is 6.21. The van der Waals surface area contributed by atoms with Crippen LogP contribution in [-0.2, 0) is 22.4 Å². The van der Waals surface area contributed by atoms with Crippen LogP contribution in [0.15, 0.2) is 53.4 Å². The molecule has 1 aromatic heterocycles. The van der Waals surface area contributed by atoms with Gasteiger partial charge in [-0.3, -0.25) is 0 Å². The molecule has 0 unspecified atom stereocenters. The fourth-order valence-electron chi connectivity index (χ4n) is 3.15. The Morgan fingerprint density at radius 2 is 1.74 bits per heavy atom. The van der Waals surface area contributed by atoms with E-state index in [0.29, 0.717) is 24.3 Å². The number of halogens is 3. The quantitative estimate of drug-likeness (QED) is 0.587. The van der Waals surface area contributed by atoms with Crippen molar-refractivity contribution in [2.24, 2.45) is 0 Å². The monoisotopic (exact) mass is 450 g/mol. The van der Waals surface area contributed by atoms with Gasteiger partial charge in [0.2, 0.25) is 5.95 Å². The fraction of sp³-hybridized carbons (Fsp3) is 0.238. The highest BCUT2D eigenvalue weighted by Crippen LogP contribution is 2.36. The molecule has 3 rings (SSSR count). The second kappa shape index (κ2) is 8.54. The van der Waals surface area contributed by atoms with E-state index in [4.69, 9.17) is 5.73 Å². The van der Waals surface area contributed by atoms with Crippen LogP contribution in [0.1, 0.15) is 16.7 Å². The van der Waals surface area contributed by atoms with Gasteiger partial charge in [0, 0.05) is 24.4 Å². The van der Waals surface area contributed by atoms with E-state index in [9.17, 15) is 21.6 Å². The molecule has 0 spiro atoms. The highest BCUT2D eigenvalue weighted by atomic mass is 32.2. The van der Waals surface area contributed by atoms with E-state index >= 15 is 0 Å². The molecule has 0 saturated carbocycles. The summed E-state index contributed by atoms with van der Waals surface area (Å²) < 4.78 is 62.7. The van der Waals surface area contributed by atoms with E-state index in [-0.39, 0.29) is 22.1 Å². The predicted molar refractivity (Wildman–Crippen MR) is 113 cm³/mol. The molecule has 1 heterocycles. The largest absolute Gasteiger partial charge is 0.416 e. The first-order chi connectivity index (χ1) is 14.4. The van der Waals surface area contributed by atoms with Crippen molar-refractivity contribution in [3.63, 3.8) is 0 Å². The zero-order valence-corrected chi connectivity index (χ0v) is 17.7. The first-order valence-electron chi connectivity index (χ1n) is 9.30. The van der Waals surface area contributed by atoms with Crippen molar-refractivity contribution in [2.45, 2.75) is 24.4 Å². The van der Waals surface area contributed by atoms with Gasteiger partial charge in [0.05, 0.1) is 16.2 Å². The van der Waals surface area contributed by atoms with E-state index in [1.54, 1.807) is 36.4 Å². The van der Waals surface area contributed by atoms with Gasteiger partial charge < -0.3 is 11.1 Å². The molecular weight excluding hydrogens is 429 g/mol. The lowest BCUT2D eigenvalue weighted by molar-refractivity contribution is -0.138. The first-order valence-corrected chi connectivity index (χ1v) is 11.2. The van der Waals surface area contributed by atoms with Crippen LogP contribution in [0.4, 0.5) is 24.9 Å². The van der Waals surface area contributed by atoms with E-state index in [1.165, 1.54) is 13.0 Å². The van der Waals surface area contributed by atoms with Crippen molar-refractivity contribution < 1.29 is 21.6 Å². The van der Waals surface area contributed by atoms with Crippen LogP contribution in [-0.4, -0.2) is 31.2 Å². The van der Waals surface area contributed by atoms with E-state index in [1.807, 2.05) is 0 Å². The fourth-order valence-corrected chi connectivity index (χ4v) is 3.78.